The van der Waals surface area contributed by atoms with Crippen molar-refractivity contribution in [3.8, 4) is 0 Å². The number of thioether (sulfide) groups is 1. The van der Waals surface area contributed by atoms with Crippen LogP contribution in [0.1, 0.15) is 36.4 Å². The maximum atomic E-state index is 12.1. The van der Waals surface area contributed by atoms with Gasteiger partial charge in [0.2, 0.25) is 5.91 Å². The van der Waals surface area contributed by atoms with Crippen LogP contribution in [0.5, 0.6) is 0 Å². The number of nitrogens with zero attached hydrogens (tertiary/aromatic N) is 1. The monoisotopic (exact) mass is 304 g/mol. The fourth-order valence-corrected chi connectivity index (χ4v) is 3.89. The summed E-state index contributed by atoms with van der Waals surface area (Å²) in [6, 6.07) is 8.47. The zero-order valence-electron chi connectivity index (χ0n) is 12.0. The molecule has 0 radical (unpaired) electrons. The molecule has 1 atom stereocenters. The third-order valence-electron chi connectivity index (χ3n) is 4.16. The highest BCUT2D eigenvalue weighted by Gasteiger charge is 2.24. The van der Waals surface area contributed by atoms with Crippen molar-refractivity contribution in [2.24, 2.45) is 0 Å². The van der Waals surface area contributed by atoms with E-state index in [1.165, 1.54) is 22.9 Å². The average molecular weight is 304 g/mol. The summed E-state index contributed by atoms with van der Waals surface area (Å²) in [5, 5.41) is 3.23. The Morgan fingerprint density at radius 3 is 3.05 bits per heavy atom. The van der Waals surface area contributed by atoms with Crippen LogP contribution in [0, 0.1) is 0 Å². The molecule has 1 saturated heterocycles. The average Bonchev–Trinajstić information content (AvgIpc) is 2.91. The van der Waals surface area contributed by atoms with E-state index in [1.807, 2.05) is 6.07 Å². The molecule has 0 bridgehead atoms. The number of hydrogen-bond acceptors (Lipinski definition) is 3. The number of rotatable bonds is 4. The summed E-state index contributed by atoms with van der Waals surface area (Å²) in [5.41, 5.74) is 2.60. The summed E-state index contributed by atoms with van der Waals surface area (Å²) in [6.07, 6.45) is 3.61. The van der Waals surface area contributed by atoms with Gasteiger partial charge >= 0.3 is 0 Å². The molecule has 2 aliphatic rings. The second kappa shape index (κ2) is 6.52. The number of hydrogen-bond donors (Lipinski definition) is 1. The number of aryl methyl sites for hydroxylation is 1. The first kappa shape index (κ1) is 14.4. The molecule has 1 aliphatic heterocycles. The van der Waals surface area contributed by atoms with E-state index >= 15 is 0 Å². The zero-order valence-corrected chi connectivity index (χ0v) is 12.8. The number of carbonyl (C=O) groups is 2. The van der Waals surface area contributed by atoms with E-state index < -0.39 is 0 Å². The predicted octanol–water partition coefficient (Wildman–Crippen LogP) is 2.74. The van der Waals surface area contributed by atoms with Gasteiger partial charge in [-0.15, -0.1) is 0 Å². The summed E-state index contributed by atoms with van der Waals surface area (Å²) < 4.78 is 0. The Balaban J connectivity index is 1.55. The van der Waals surface area contributed by atoms with Gasteiger partial charge in [-0.1, -0.05) is 36.0 Å². The van der Waals surface area contributed by atoms with Crippen molar-refractivity contribution in [3.63, 3.8) is 0 Å². The lowest BCUT2D eigenvalue weighted by molar-refractivity contribution is -0.122. The van der Waals surface area contributed by atoms with Gasteiger partial charge in [0.15, 0.2) is 0 Å². The van der Waals surface area contributed by atoms with Crippen LogP contribution in [0.15, 0.2) is 24.3 Å². The molecule has 0 spiro atoms. The Bertz CT molecular complexity index is 547. The zero-order chi connectivity index (χ0) is 14.7. The van der Waals surface area contributed by atoms with Crippen molar-refractivity contribution >= 4 is 22.9 Å². The van der Waals surface area contributed by atoms with Gasteiger partial charge in [-0.25, -0.2) is 0 Å². The highest BCUT2D eigenvalue weighted by atomic mass is 32.2. The summed E-state index contributed by atoms with van der Waals surface area (Å²) in [6.45, 7) is 1.30. The van der Waals surface area contributed by atoms with E-state index in [2.05, 4.69) is 23.5 Å². The number of amides is 2. The maximum absolute atomic E-state index is 12.1. The van der Waals surface area contributed by atoms with Gasteiger partial charge in [0.25, 0.3) is 5.24 Å². The van der Waals surface area contributed by atoms with Crippen molar-refractivity contribution in [3.05, 3.63) is 35.4 Å². The Hall–Kier alpha value is -1.49. The first-order valence-electron chi connectivity index (χ1n) is 7.53. The molecule has 1 aromatic carbocycles. The molecule has 1 aromatic rings. The summed E-state index contributed by atoms with van der Waals surface area (Å²) >= 11 is 1.34. The van der Waals surface area contributed by atoms with Crippen LogP contribution in [-0.2, 0) is 11.2 Å². The van der Waals surface area contributed by atoms with Crippen LogP contribution in [0.4, 0.5) is 4.79 Å². The fourth-order valence-electron chi connectivity index (χ4n) is 3.04. The van der Waals surface area contributed by atoms with Crippen LogP contribution in [0.25, 0.3) is 0 Å². The lowest BCUT2D eigenvalue weighted by Gasteiger charge is -2.26. The van der Waals surface area contributed by atoms with Gasteiger partial charge in [0.1, 0.15) is 0 Å². The van der Waals surface area contributed by atoms with Gasteiger partial charge < -0.3 is 10.2 Å². The molecule has 1 unspecified atom stereocenters. The second-order valence-electron chi connectivity index (χ2n) is 5.56. The normalized spacial score (nSPS) is 21.2. The van der Waals surface area contributed by atoms with Crippen LogP contribution < -0.4 is 5.32 Å². The molecule has 4 nitrogen and oxygen atoms in total. The minimum Gasteiger partial charge on any atom is -0.349 e. The van der Waals surface area contributed by atoms with E-state index in [0.717, 1.165) is 31.6 Å². The minimum absolute atomic E-state index is 0.0430. The Labute approximate surface area is 129 Å². The van der Waals surface area contributed by atoms with E-state index in [0.29, 0.717) is 13.0 Å². The third-order valence-corrected chi connectivity index (χ3v) is 5.05. The van der Waals surface area contributed by atoms with E-state index in [9.17, 15) is 9.59 Å². The van der Waals surface area contributed by atoms with Gasteiger partial charge in [-0.2, -0.15) is 0 Å². The first-order chi connectivity index (χ1) is 10.2. The summed E-state index contributed by atoms with van der Waals surface area (Å²) in [4.78, 5) is 25.4. The van der Waals surface area contributed by atoms with Crippen molar-refractivity contribution in [2.45, 2.75) is 31.7 Å². The Kier molecular flexibility index (Phi) is 4.48. The Morgan fingerprint density at radius 2 is 2.24 bits per heavy atom. The summed E-state index contributed by atoms with van der Waals surface area (Å²) in [5.74, 6) is 0.887. The molecule has 2 amide bonds. The molecular formula is C16H20N2O2S. The molecule has 3 rings (SSSR count). The number of fused-ring (bicyclic) bond motifs is 1. The van der Waals surface area contributed by atoms with E-state index in [-0.39, 0.29) is 17.2 Å². The molecular weight excluding hydrogens is 284 g/mol. The van der Waals surface area contributed by atoms with Gasteiger partial charge in [-0.3, -0.25) is 9.59 Å². The Morgan fingerprint density at radius 1 is 1.38 bits per heavy atom. The fraction of sp³-hybridized carbons (Fsp3) is 0.500. The smallest absolute Gasteiger partial charge is 0.281 e. The molecule has 1 N–H and O–H groups in total. The second-order valence-corrected chi connectivity index (χ2v) is 6.61. The number of nitrogens with one attached hydrogen (secondary N) is 1. The molecule has 1 aliphatic carbocycles. The SMILES string of the molecule is O=C(CCN1CCSC1=O)NC1CCCc2ccccc21. The van der Waals surface area contributed by atoms with Gasteiger partial charge in [-0.05, 0) is 30.4 Å². The van der Waals surface area contributed by atoms with Crippen LogP contribution in [0.2, 0.25) is 0 Å². The predicted molar refractivity (Wildman–Crippen MR) is 84.3 cm³/mol. The van der Waals surface area contributed by atoms with Crippen LogP contribution in [-0.4, -0.2) is 34.9 Å². The van der Waals surface area contributed by atoms with Crippen molar-refractivity contribution in [1.82, 2.24) is 10.2 Å². The molecule has 5 heteroatoms. The van der Waals surface area contributed by atoms with Crippen LogP contribution >= 0.6 is 11.8 Å². The number of benzene rings is 1. The summed E-state index contributed by atoms with van der Waals surface area (Å²) in [7, 11) is 0. The molecule has 0 saturated carbocycles. The first-order valence-corrected chi connectivity index (χ1v) is 8.51. The maximum Gasteiger partial charge on any atom is 0.281 e. The van der Waals surface area contributed by atoms with E-state index in [1.54, 1.807) is 4.90 Å². The third kappa shape index (κ3) is 3.40. The van der Waals surface area contributed by atoms with E-state index in [4.69, 9.17) is 0 Å². The molecule has 21 heavy (non-hydrogen) atoms. The standard InChI is InChI=1S/C16H20N2O2S/c19-15(8-9-18-10-11-21-16(18)20)17-14-7-3-5-12-4-1-2-6-13(12)14/h1-2,4,6,14H,3,5,7-11H2,(H,17,19). The van der Waals surface area contributed by atoms with Crippen molar-refractivity contribution < 1.29 is 9.59 Å². The molecule has 112 valence electrons. The lowest BCUT2D eigenvalue weighted by Crippen LogP contribution is -2.34. The largest absolute Gasteiger partial charge is 0.349 e. The molecule has 1 heterocycles. The highest BCUT2D eigenvalue weighted by molar-refractivity contribution is 8.13. The van der Waals surface area contributed by atoms with Gasteiger partial charge in [0.05, 0.1) is 6.04 Å². The molecule has 0 aromatic heterocycles. The van der Waals surface area contributed by atoms with Crippen molar-refractivity contribution in [2.75, 3.05) is 18.8 Å². The quantitative estimate of drug-likeness (QED) is 0.930. The molecule has 1 fully saturated rings. The topological polar surface area (TPSA) is 49.4 Å². The van der Waals surface area contributed by atoms with Crippen molar-refractivity contribution in [1.29, 1.82) is 0 Å². The highest BCUT2D eigenvalue weighted by Crippen LogP contribution is 2.29. The van der Waals surface area contributed by atoms with Gasteiger partial charge in [0, 0.05) is 25.3 Å². The van der Waals surface area contributed by atoms with Crippen LogP contribution in [0.3, 0.4) is 0 Å². The number of carbonyl (C=O) groups excluding carboxylic acids is 2. The minimum atomic E-state index is 0.0430. The lowest BCUT2D eigenvalue weighted by atomic mass is 9.87.